The molecule has 0 saturated heterocycles. The molecular formula is C20H20ClF3N2O5S2. The fourth-order valence-corrected chi connectivity index (χ4v) is 5.55. The number of halogens is 4. The third-order valence-electron chi connectivity index (χ3n) is 4.61. The van der Waals surface area contributed by atoms with Gasteiger partial charge in [-0.05, 0) is 49.6 Å². The van der Waals surface area contributed by atoms with E-state index in [0.29, 0.717) is 0 Å². The molecule has 0 aliphatic carbocycles. The lowest BCUT2D eigenvalue weighted by atomic mass is 10.1. The first-order valence-corrected chi connectivity index (χ1v) is 12.2. The summed E-state index contributed by atoms with van der Waals surface area (Å²) >= 11 is 7.11. The summed E-state index contributed by atoms with van der Waals surface area (Å²) < 4.78 is 65.1. The highest BCUT2D eigenvalue weighted by Gasteiger charge is 2.55. The predicted octanol–water partition coefficient (Wildman–Crippen LogP) is 3.85. The van der Waals surface area contributed by atoms with Crippen LogP contribution in [0, 0.1) is 0 Å². The Hall–Kier alpha value is -2.28. The second kappa shape index (κ2) is 9.53. The minimum absolute atomic E-state index is 0.0189. The highest BCUT2D eigenvalue weighted by atomic mass is 35.5. The van der Waals surface area contributed by atoms with Gasteiger partial charge in [0.05, 0.1) is 20.5 Å². The van der Waals surface area contributed by atoms with Crippen LogP contribution >= 0.6 is 23.4 Å². The van der Waals surface area contributed by atoms with E-state index in [2.05, 4.69) is 0 Å². The number of rotatable bonds is 6. The summed E-state index contributed by atoms with van der Waals surface area (Å²) in [7, 11) is -1.04. The first-order valence-electron chi connectivity index (χ1n) is 9.09. The summed E-state index contributed by atoms with van der Waals surface area (Å²) in [6.07, 6.45) is -3.74. The molecule has 180 valence electrons. The molecule has 2 amide bonds. The Morgan fingerprint density at radius 1 is 1.09 bits per heavy atom. The van der Waals surface area contributed by atoms with E-state index in [1.807, 2.05) is 5.32 Å². The zero-order valence-corrected chi connectivity index (χ0v) is 20.2. The smallest absolute Gasteiger partial charge is 0.373 e. The summed E-state index contributed by atoms with van der Waals surface area (Å²) in [6, 6.07) is 7.32. The molecule has 0 spiro atoms. The van der Waals surface area contributed by atoms with Gasteiger partial charge in [0.1, 0.15) is 0 Å². The van der Waals surface area contributed by atoms with Crippen molar-refractivity contribution in [3.05, 3.63) is 47.0 Å². The number of sulfone groups is 1. The zero-order valence-electron chi connectivity index (χ0n) is 17.8. The monoisotopic (exact) mass is 524 g/mol. The van der Waals surface area contributed by atoms with E-state index in [4.69, 9.17) is 11.6 Å². The second-order valence-electron chi connectivity index (χ2n) is 7.21. The van der Waals surface area contributed by atoms with Crippen molar-refractivity contribution in [1.82, 2.24) is 4.90 Å². The molecule has 2 N–H and O–H groups in total. The Morgan fingerprint density at radius 3 is 2.09 bits per heavy atom. The summed E-state index contributed by atoms with van der Waals surface area (Å²) in [6.45, 7) is 0.287. The van der Waals surface area contributed by atoms with Crippen molar-refractivity contribution in [2.24, 2.45) is 0 Å². The number of nitrogens with one attached hydrogen (secondary N) is 1. The summed E-state index contributed by atoms with van der Waals surface area (Å²) in [5.74, 6) is -2.10. The number of amides is 2. The molecule has 33 heavy (non-hydrogen) atoms. The molecule has 0 unspecified atom stereocenters. The van der Waals surface area contributed by atoms with Gasteiger partial charge in [-0.2, -0.15) is 13.2 Å². The third kappa shape index (κ3) is 5.29. The van der Waals surface area contributed by atoms with Crippen molar-refractivity contribution in [1.29, 1.82) is 0 Å². The highest BCUT2D eigenvalue weighted by Crippen LogP contribution is 2.40. The largest absolute Gasteiger partial charge is 0.426 e. The van der Waals surface area contributed by atoms with Gasteiger partial charge >= 0.3 is 6.18 Å². The van der Waals surface area contributed by atoms with E-state index in [1.165, 1.54) is 35.4 Å². The zero-order chi connectivity index (χ0) is 25.4. The molecule has 0 aliphatic heterocycles. The molecule has 0 saturated carbocycles. The van der Waals surface area contributed by atoms with Crippen molar-refractivity contribution >= 4 is 50.7 Å². The first-order chi connectivity index (χ1) is 15.1. The lowest BCUT2D eigenvalue weighted by Crippen LogP contribution is -2.52. The molecule has 1 atom stereocenters. The molecule has 7 nitrogen and oxygen atoms in total. The van der Waals surface area contributed by atoms with E-state index >= 15 is 0 Å². The normalized spacial score (nSPS) is 13.8. The van der Waals surface area contributed by atoms with Crippen molar-refractivity contribution in [2.75, 3.05) is 25.7 Å². The topological polar surface area (TPSA) is 104 Å². The number of nitrogens with zero attached hydrogens (tertiary/aromatic N) is 1. The van der Waals surface area contributed by atoms with Gasteiger partial charge in [-0.25, -0.2) is 8.42 Å². The van der Waals surface area contributed by atoms with Crippen LogP contribution in [-0.4, -0.2) is 62.4 Å². The number of anilines is 1. The number of aliphatic hydroxyl groups is 1. The molecule has 2 aromatic carbocycles. The van der Waals surface area contributed by atoms with Crippen LogP contribution in [-0.2, 0) is 14.6 Å². The van der Waals surface area contributed by atoms with Gasteiger partial charge in [-0.1, -0.05) is 11.6 Å². The van der Waals surface area contributed by atoms with Crippen LogP contribution < -0.4 is 5.32 Å². The Labute approximate surface area is 197 Å². The molecule has 0 fully saturated rings. The minimum atomic E-state index is -5.24. The molecule has 0 radical (unpaired) electrons. The van der Waals surface area contributed by atoms with E-state index in [9.17, 15) is 36.3 Å². The van der Waals surface area contributed by atoms with Gasteiger partial charge in [-0.3, -0.25) is 9.59 Å². The molecular weight excluding hydrogens is 505 g/mol. The maximum Gasteiger partial charge on any atom is 0.426 e. The minimum Gasteiger partial charge on any atom is -0.373 e. The van der Waals surface area contributed by atoms with Crippen LogP contribution in [0.25, 0.3) is 0 Å². The Bertz CT molecular complexity index is 1180. The molecule has 2 aromatic rings. The van der Waals surface area contributed by atoms with Gasteiger partial charge in [-0.15, -0.1) is 11.8 Å². The van der Waals surface area contributed by atoms with Gasteiger partial charge in [0.2, 0.25) is 15.4 Å². The Morgan fingerprint density at radius 2 is 1.64 bits per heavy atom. The quantitative estimate of drug-likeness (QED) is 0.556. The lowest BCUT2D eigenvalue weighted by Gasteiger charge is -2.25. The molecule has 0 heterocycles. The standard InChI is InChI=1S/C20H20ClF3N2O5S2/c1-19(29,20(22,23)24)18(28)25-13-9-10-14(16(32-4)15(13)21)33(30,31)12-7-5-11(6-8-12)17(27)26(2)3/h5-10,29H,1-4H3,(H,25,28)/t19-/m1/s1. The number of carbonyl (C=O) groups is 2. The fourth-order valence-electron chi connectivity index (χ4n) is 2.57. The molecule has 0 bridgehead atoms. The Kier molecular flexibility index (Phi) is 7.79. The van der Waals surface area contributed by atoms with Crippen LogP contribution in [0.15, 0.2) is 51.1 Å². The van der Waals surface area contributed by atoms with Crippen LogP contribution in [0.4, 0.5) is 18.9 Å². The second-order valence-corrected chi connectivity index (χ2v) is 10.3. The Balaban J connectivity index is 2.47. The van der Waals surface area contributed by atoms with Gasteiger partial charge < -0.3 is 15.3 Å². The van der Waals surface area contributed by atoms with Crippen molar-refractivity contribution in [3.63, 3.8) is 0 Å². The molecule has 2 rings (SSSR count). The molecule has 0 aromatic heterocycles. The predicted molar refractivity (Wildman–Crippen MR) is 118 cm³/mol. The van der Waals surface area contributed by atoms with Crippen LogP contribution in [0.1, 0.15) is 17.3 Å². The number of carbonyl (C=O) groups excluding carboxylic acids is 2. The summed E-state index contributed by atoms with van der Waals surface area (Å²) in [5, 5.41) is 11.1. The van der Waals surface area contributed by atoms with Crippen LogP contribution in [0.2, 0.25) is 5.02 Å². The molecule has 0 aliphatic rings. The number of hydrogen-bond acceptors (Lipinski definition) is 6. The van der Waals surface area contributed by atoms with Gasteiger partial charge in [0.25, 0.3) is 11.8 Å². The average molecular weight is 525 g/mol. The highest BCUT2D eigenvalue weighted by molar-refractivity contribution is 7.99. The fraction of sp³-hybridized carbons (Fsp3) is 0.300. The maximum atomic E-state index is 13.2. The first kappa shape index (κ1) is 27.0. The van der Waals surface area contributed by atoms with Gasteiger partial charge in [0, 0.05) is 24.6 Å². The van der Waals surface area contributed by atoms with Gasteiger partial charge in [0.15, 0.2) is 0 Å². The van der Waals surface area contributed by atoms with E-state index in [-0.39, 0.29) is 43.8 Å². The van der Waals surface area contributed by atoms with E-state index in [0.717, 1.165) is 23.9 Å². The average Bonchev–Trinajstić information content (AvgIpc) is 2.73. The third-order valence-corrected chi connectivity index (χ3v) is 7.89. The van der Waals surface area contributed by atoms with E-state index in [1.54, 1.807) is 14.1 Å². The number of benzene rings is 2. The summed E-state index contributed by atoms with van der Waals surface area (Å²) in [5.41, 5.74) is -3.72. The van der Waals surface area contributed by atoms with E-state index < -0.39 is 27.5 Å². The number of hydrogen-bond donors (Lipinski definition) is 2. The van der Waals surface area contributed by atoms with Crippen molar-refractivity contribution in [3.8, 4) is 0 Å². The SMILES string of the molecule is CSc1c(S(=O)(=O)c2ccc(C(=O)N(C)C)cc2)ccc(NC(=O)[C@@](C)(O)C(F)(F)F)c1Cl. The lowest BCUT2D eigenvalue weighted by molar-refractivity contribution is -0.242. The van der Waals surface area contributed by atoms with Crippen molar-refractivity contribution < 1.29 is 36.3 Å². The molecule has 13 heteroatoms. The summed E-state index contributed by atoms with van der Waals surface area (Å²) in [4.78, 5) is 24.9. The van der Waals surface area contributed by atoms with Crippen molar-refractivity contribution in [2.45, 2.75) is 33.4 Å². The number of thioether (sulfide) groups is 1. The van der Waals surface area contributed by atoms with Crippen LogP contribution in [0.3, 0.4) is 0 Å². The number of alkyl halides is 3. The van der Waals surface area contributed by atoms with Crippen LogP contribution in [0.5, 0.6) is 0 Å². The maximum absolute atomic E-state index is 13.2.